The van der Waals surface area contributed by atoms with Crippen LogP contribution in [0.1, 0.15) is 36.2 Å². The minimum Gasteiger partial charge on any atom is -0.355 e. The zero-order chi connectivity index (χ0) is 19.6. The average Bonchev–Trinajstić information content (AvgIpc) is 3.34. The topological polar surface area (TPSA) is 87.0 Å². The molecule has 0 N–H and O–H groups in total. The number of piperazine rings is 1. The Morgan fingerprint density at radius 1 is 1.00 bits per heavy atom. The molecule has 1 amide bonds. The Balaban J connectivity index is 1.38. The van der Waals surface area contributed by atoms with E-state index in [-0.39, 0.29) is 11.6 Å². The molecule has 0 bridgehead atoms. The van der Waals surface area contributed by atoms with Gasteiger partial charge in [-0.3, -0.25) is 4.79 Å². The highest BCUT2D eigenvalue weighted by Gasteiger charge is 2.34. The Hall–Kier alpha value is -1.75. The van der Waals surface area contributed by atoms with Crippen LogP contribution in [0, 0.1) is 0 Å². The van der Waals surface area contributed by atoms with Gasteiger partial charge in [-0.05, 0) is 24.3 Å². The van der Waals surface area contributed by atoms with E-state index in [0.29, 0.717) is 45.0 Å². The summed E-state index contributed by atoms with van der Waals surface area (Å²) in [4.78, 5) is 15.3. The minimum atomic E-state index is -3.45. The van der Waals surface area contributed by atoms with E-state index in [1.54, 1.807) is 15.3 Å². The first-order valence-corrected chi connectivity index (χ1v) is 11.9. The van der Waals surface area contributed by atoms with Gasteiger partial charge < -0.3 is 9.42 Å². The van der Waals surface area contributed by atoms with Crippen molar-refractivity contribution in [1.29, 1.82) is 0 Å². The lowest BCUT2D eigenvalue weighted by Crippen LogP contribution is -2.54. The van der Waals surface area contributed by atoms with Gasteiger partial charge in [-0.2, -0.15) is 17.0 Å². The predicted molar refractivity (Wildman–Crippen MR) is 106 cm³/mol. The monoisotopic (exact) mass is 424 g/mol. The van der Waals surface area contributed by atoms with Gasteiger partial charge in [0.25, 0.3) is 16.1 Å². The molecule has 2 aliphatic heterocycles. The molecule has 0 saturated carbocycles. The molecule has 152 valence electrons. The van der Waals surface area contributed by atoms with Crippen molar-refractivity contribution in [3.63, 3.8) is 0 Å². The number of aromatic nitrogens is 1. The Morgan fingerprint density at radius 3 is 2.32 bits per heavy atom. The van der Waals surface area contributed by atoms with E-state index in [1.807, 2.05) is 17.5 Å². The number of carbonyl (C=O) groups is 1. The largest absolute Gasteiger partial charge is 0.355 e. The summed E-state index contributed by atoms with van der Waals surface area (Å²) >= 11 is 1.52. The number of rotatable bonds is 4. The molecule has 2 aromatic rings. The van der Waals surface area contributed by atoms with Crippen molar-refractivity contribution in [1.82, 2.24) is 18.7 Å². The highest BCUT2D eigenvalue weighted by Crippen LogP contribution is 2.26. The molecule has 2 fully saturated rings. The molecule has 0 aromatic carbocycles. The molecule has 2 aromatic heterocycles. The third-order valence-electron chi connectivity index (χ3n) is 5.24. The zero-order valence-corrected chi connectivity index (χ0v) is 17.3. The molecule has 8 nitrogen and oxygen atoms in total. The molecule has 4 rings (SSSR count). The number of nitrogens with zero attached hydrogens (tertiary/aromatic N) is 4. The number of amides is 1. The molecule has 2 aliphatic rings. The summed E-state index contributed by atoms with van der Waals surface area (Å²) in [6.07, 6.45) is 3.99. The van der Waals surface area contributed by atoms with Crippen LogP contribution in [-0.2, 0) is 10.2 Å². The molecule has 28 heavy (non-hydrogen) atoms. The second-order valence-corrected chi connectivity index (χ2v) is 9.94. The molecular weight excluding hydrogens is 400 g/mol. The van der Waals surface area contributed by atoms with Gasteiger partial charge in [-0.15, -0.1) is 11.3 Å². The van der Waals surface area contributed by atoms with Crippen LogP contribution >= 0.6 is 11.3 Å². The van der Waals surface area contributed by atoms with Crippen molar-refractivity contribution >= 4 is 27.5 Å². The third kappa shape index (κ3) is 4.00. The van der Waals surface area contributed by atoms with Gasteiger partial charge in [0, 0.05) is 45.3 Å². The fourth-order valence-electron chi connectivity index (χ4n) is 3.63. The summed E-state index contributed by atoms with van der Waals surface area (Å²) in [7, 11) is -3.45. The second kappa shape index (κ2) is 8.32. The van der Waals surface area contributed by atoms with Gasteiger partial charge >= 0.3 is 0 Å². The predicted octanol–water partition coefficient (Wildman–Crippen LogP) is 2.28. The minimum absolute atomic E-state index is 0.224. The lowest BCUT2D eigenvalue weighted by molar-refractivity contribution is 0.0683. The van der Waals surface area contributed by atoms with Gasteiger partial charge in [0.15, 0.2) is 11.5 Å². The van der Waals surface area contributed by atoms with Gasteiger partial charge in [-0.1, -0.05) is 24.1 Å². The first kappa shape index (κ1) is 19.6. The van der Waals surface area contributed by atoms with E-state index in [1.165, 1.54) is 15.6 Å². The molecule has 2 saturated heterocycles. The number of thiophene rings is 1. The summed E-state index contributed by atoms with van der Waals surface area (Å²) < 4.78 is 34.2. The van der Waals surface area contributed by atoms with Crippen molar-refractivity contribution < 1.29 is 17.7 Å². The molecule has 0 aliphatic carbocycles. The van der Waals surface area contributed by atoms with Crippen LogP contribution in [0.3, 0.4) is 0 Å². The highest BCUT2D eigenvalue weighted by molar-refractivity contribution is 7.86. The Morgan fingerprint density at radius 2 is 1.68 bits per heavy atom. The van der Waals surface area contributed by atoms with Crippen LogP contribution in [0.2, 0.25) is 0 Å². The van der Waals surface area contributed by atoms with Crippen LogP contribution in [-0.4, -0.2) is 72.3 Å². The molecular formula is C18H24N4O4S2. The van der Waals surface area contributed by atoms with Gasteiger partial charge in [0.2, 0.25) is 0 Å². The van der Waals surface area contributed by atoms with E-state index >= 15 is 0 Å². The van der Waals surface area contributed by atoms with Gasteiger partial charge in [0.05, 0.1) is 4.88 Å². The van der Waals surface area contributed by atoms with E-state index in [0.717, 1.165) is 30.6 Å². The molecule has 10 heteroatoms. The van der Waals surface area contributed by atoms with Crippen molar-refractivity contribution in [3.8, 4) is 10.6 Å². The first-order chi connectivity index (χ1) is 13.6. The van der Waals surface area contributed by atoms with Crippen molar-refractivity contribution in [2.24, 2.45) is 0 Å². The highest BCUT2D eigenvalue weighted by atomic mass is 32.2. The fraction of sp³-hybridized carbons (Fsp3) is 0.556. The molecule has 0 radical (unpaired) electrons. The fourth-order valence-corrected chi connectivity index (χ4v) is 5.97. The van der Waals surface area contributed by atoms with Crippen molar-refractivity contribution in [2.75, 3.05) is 39.3 Å². The SMILES string of the molecule is O=C(c1cc(-c2cccs2)on1)N1CCN(S(=O)(=O)N2CCCCCC2)CC1. The molecule has 0 unspecified atom stereocenters. The van der Waals surface area contributed by atoms with E-state index in [2.05, 4.69) is 5.16 Å². The summed E-state index contributed by atoms with van der Waals surface area (Å²) in [5.41, 5.74) is 0.257. The maximum absolute atomic E-state index is 12.9. The average molecular weight is 425 g/mol. The number of hydrogen-bond donors (Lipinski definition) is 0. The standard InChI is InChI=1S/C18H24N4O4S2/c23-18(15-14-16(26-19-15)17-6-5-13-27-17)20-9-11-22(12-10-20)28(24,25)21-7-3-1-2-4-8-21/h5-6,13-14H,1-4,7-12H2. The summed E-state index contributed by atoms with van der Waals surface area (Å²) in [6.45, 7) is 2.50. The third-order valence-corrected chi connectivity index (χ3v) is 8.16. The normalized spacial score (nSPS) is 20.2. The lowest BCUT2D eigenvalue weighted by atomic mass is 10.2. The van der Waals surface area contributed by atoms with Crippen LogP contribution in [0.5, 0.6) is 0 Å². The first-order valence-electron chi connectivity index (χ1n) is 9.61. The van der Waals surface area contributed by atoms with Crippen molar-refractivity contribution in [3.05, 3.63) is 29.3 Å². The Labute approximate surface area is 168 Å². The maximum Gasteiger partial charge on any atom is 0.282 e. The zero-order valence-electron chi connectivity index (χ0n) is 15.6. The van der Waals surface area contributed by atoms with Crippen LogP contribution < -0.4 is 0 Å². The van der Waals surface area contributed by atoms with E-state index in [4.69, 9.17) is 4.52 Å². The summed E-state index contributed by atoms with van der Waals surface area (Å²) in [5.74, 6) is 0.346. The van der Waals surface area contributed by atoms with Gasteiger partial charge in [-0.25, -0.2) is 0 Å². The molecule has 4 heterocycles. The second-order valence-electron chi connectivity index (χ2n) is 7.07. The quantitative estimate of drug-likeness (QED) is 0.752. The summed E-state index contributed by atoms with van der Waals surface area (Å²) in [5, 5.41) is 5.83. The van der Waals surface area contributed by atoms with E-state index < -0.39 is 10.2 Å². The lowest BCUT2D eigenvalue weighted by Gasteiger charge is -2.36. The smallest absolute Gasteiger partial charge is 0.282 e. The maximum atomic E-state index is 12.9. The summed E-state index contributed by atoms with van der Waals surface area (Å²) in [6, 6.07) is 5.47. The van der Waals surface area contributed by atoms with Crippen molar-refractivity contribution in [2.45, 2.75) is 25.7 Å². The number of carbonyl (C=O) groups excluding carboxylic acids is 1. The molecule has 0 spiro atoms. The van der Waals surface area contributed by atoms with Crippen LogP contribution in [0.25, 0.3) is 10.6 Å². The number of hydrogen-bond acceptors (Lipinski definition) is 6. The van der Waals surface area contributed by atoms with Gasteiger partial charge in [0.1, 0.15) is 0 Å². The van der Waals surface area contributed by atoms with Crippen LogP contribution in [0.15, 0.2) is 28.1 Å². The Bertz CT molecular complexity index is 894. The Kier molecular flexibility index (Phi) is 5.81. The van der Waals surface area contributed by atoms with Crippen LogP contribution in [0.4, 0.5) is 0 Å². The molecule has 0 atom stereocenters. The van der Waals surface area contributed by atoms with E-state index in [9.17, 15) is 13.2 Å².